The molecular weight excluding hydrogens is 328 g/mol. The zero-order valence-electron chi connectivity index (χ0n) is 15.5. The SMILES string of the molecule is Cc1ccc(-c2noc(C3CCN(C(=O)CCCCCN)CC3)n2)cc1. The minimum absolute atomic E-state index is 0.239. The Bertz CT molecular complexity index is 703. The van der Waals surface area contributed by atoms with Gasteiger partial charge in [0.15, 0.2) is 0 Å². The third-order valence-electron chi connectivity index (χ3n) is 5.04. The highest BCUT2D eigenvalue weighted by atomic mass is 16.5. The lowest BCUT2D eigenvalue weighted by Crippen LogP contribution is -2.37. The fourth-order valence-corrected chi connectivity index (χ4v) is 3.35. The Morgan fingerprint density at radius 3 is 2.62 bits per heavy atom. The van der Waals surface area contributed by atoms with Crippen molar-refractivity contribution in [2.75, 3.05) is 19.6 Å². The molecule has 1 aliphatic rings. The highest BCUT2D eigenvalue weighted by Gasteiger charge is 2.27. The van der Waals surface area contributed by atoms with E-state index in [2.05, 4.69) is 17.1 Å². The molecule has 1 aromatic carbocycles. The molecule has 6 heteroatoms. The predicted octanol–water partition coefficient (Wildman–Crippen LogP) is 3.27. The first-order valence-corrected chi connectivity index (χ1v) is 9.56. The van der Waals surface area contributed by atoms with Crippen LogP contribution in [0.4, 0.5) is 0 Å². The fraction of sp³-hybridized carbons (Fsp3) is 0.550. The number of hydrogen-bond donors (Lipinski definition) is 1. The number of carbonyl (C=O) groups excluding carboxylic acids is 1. The molecule has 6 nitrogen and oxygen atoms in total. The van der Waals surface area contributed by atoms with E-state index in [0.29, 0.717) is 24.7 Å². The van der Waals surface area contributed by atoms with Crippen molar-refractivity contribution in [1.82, 2.24) is 15.0 Å². The molecular formula is C20H28N4O2. The van der Waals surface area contributed by atoms with E-state index < -0.39 is 0 Å². The normalized spacial score (nSPS) is 15.4. The molecule has 1 aliphatic heterocycles. The summed E-state index contributed by atoms with van der Waals surface area (Å²) < 4.78 is 5.50. The maximum absolute atomic E-state index is 12.3. The molecule has 0 atom stereocenters. The number of carbonyl (C=O) groups is 1. The van der Waals surface area contributed by atoms with Gasteiger partial charge in [-0.2, -0.15) is 4.98 Å². The average Bonchev–Trinajstić information content (AvgIpc) is 3.16. The van der Waals surface area contributed by atoms with E-state index in [4.69, 9.17) is 10.3 Å². The van der Waals surface area contributed by atoms with Crippen molar-refractivity contribution >= 4 is 5.91 Å². The van der Waals surface area contributed by atoms with E-state index in [1.807, 2.05) is 29.2 Å². The third-order valence-corrected chi connectivity index (χ3v) is 5.04. The van der Waals surface area contributed by atoms with E-state index in [1.54, 1.807) is 0 Å². The molecule has 26 heavy (non-hydrogen) atoms. The van der Waals surface area contributed by atoms with E-state index in [-0.39, 0.29) is 11.8 Å². The van der Waals surface area contributed by atoms with Gasteiger partial charge in [0.25, 0.3) is 0 Å². The van der Waals surface area contributed by atoms with Gasteiger partial charge in [-0.3, -0.25) is 4.79 Å². The Morgan fingerprint density at radius 2 is 1.92 bits per heavy atom. The van der Waals surface area contributed by atoms with Crippen molar-refractivity contribution in [3.8, 4) is 11.4 Å². The molecule has 140 valence electrons. The van der Waals surface area contributed by atoms with Gasteiger partial charge >= 0.3 is 0 Å². The molecule has 0 aliphatic carbocycles. The van der Waals surface area contributed by atoms with Gasteiger partial charge in [-0.05, 0) is 39.2 Å². The van der Waals surface area contributed by atoms with E-state index >= 15 is 0 Å². The van der Waals surface area contributed by atoms with Crippen LogP contribution < -0.4 is 5.73 Å². The van der Waals surface area contributed by atoms with Crippen LogP contribution in [0.25, 0.3) is 11.4 Å². The van der Waals surface area contributed by atoms with Crippen LogP contribution in [0.15, 0.2) is 28.8 Å². The van der Waals surface area contributed by atoms with Gasteiger partial charge in [-0.25, -0.2) is 0 Å². The summed E-state index contributed by atoms with van der Waals surface area (Å²) in [4.78, 5) is 18.8. The van der Waals surface area contributed by atoms with Crippen LogP contribution in [0.1, 0.15) is 55.9 Å². The van der Waals surface area contributed by atoms with Gasteiger partial charge in [0.05, 0.1) is 0 Å². The van der Waals surface area contributed by atoms with Gasteiger partial charge in [0, 0.05) is 31.0 Å². The quantitative estimate of drug-likeness (QED) is 0.770. The molecule has 1 amide bonds. The lowest BCUT2D eigenvalue weighted by molar-refractivity contribution is -0.132. The van der Waals surface area contributed by atoms with Crippen molar-refractivity contribution < 1.29 is 9.32 Å². The van der Waals surface area contributed by atoms with E-state index in [1.165, 1.54) is 5.56 Å². The summed E-state index contributed by atoms with van der Waals surface area (Å²) >= 11 is 0. The highest BCUT2D eigenvalue weighted by Crippen LogP contribution is 2.29. The van der Waals surface area contributed by atoms with Crippen LogP contribution in [0.3, 0.4) is 0 Å². The van der Waals surface area contributed by atoms with Gasteiger partial charge in [0.2, 0.25) is 17.6 Å². The Balaban J connectivity index is 1.50. The number of amides is 1. The van der Waals surface area contributed by atoms with Crippen molar-refractivity contribution in [2.45, 2.75) is 51.4 Å². The summed E-state index contributed by atoms with van der Waals surface area (Å²) in [5, 5.41) is 4.13. The summed E-state index contributed by atoms with van der Waals surface area (Å²) in [6.45, 7) is 4.29. The second-order valence-corrected chi connectivity index (χ2v) is 7.08. The molecule has 2 heterocycles. The molecule has 0 radical (unpaired) electrons. The Morgan fingerprint density at radius 1 is 1.19 bits per heavy atom. The van der Waals surface area contributed by atoms with Crippen LogP contribution in [0.5, 0.6) is 0 Å². The van der Waals surface area contributed by atoms with Crippen molar-refractivity contribution in [3.05, 3.63) is 35.7 Å². The number of aromatic nitrogens is 2. The molecule has 1 saturated heterocycles. The van der Waals surface area contributed by atoms with Crippen molar-refractivity contribution in [3.63, 3.8) is 0 Å². The summed E-state index contributed by atoms with van der Waals surface area (Å²) in [5.74, 6) is 1.82. The number of aryl methyl sites for hydroxylation is 1. The first-order valence-electron chi connectivity index (χ1n) is 9.56. The Labute approximate surface area is 154 Å². The minimum Gasteiger partial charge on any atom is -0.343 e. The van der Waals surface area contributed by atoms with E-state index in [9.17, 15) is 4.79 Å². The van der Waals surface area contributed by atoms with Gasteiger partial charge in [-0.1, -0.05) is 41.4 Å². The second kappa shape index (κ2) is 8.94. The third kappa shape index (κ3) is 4.69. The molecule has 0 unspecified atom stereocenters. The lowest BCUT2D eigenvalue weighted by Gasteiger charge is -2.30. The van der Waals surface area contributed by atoms with Gasteiger partial charge < -0.3 is 15.2 Å². The Hall–Kier alpha value is -2.21. The zero-order valence-corrected chi connectivity index (χ0v) is 15.5. The van der Waals surface area contributed by atoms with Crippen molar-refractivity contribution in [1.29, 1.82) is 0 Å². The van der Waals surface area contributed by atoms with Crippen LogP contribution >= 0.6 is 0 Å². The fourth-order valence-electron chi connectivity index (χ4n) is 3.35. The summed E-state index contributed by atoms with van der Waals surface area (Å²) in [6, 6.07) is 8.11. The van der Waals surface area contributed by atoms with E-state index in [0.717, 1.165) is 50.8 Å². The molecule has 1 aromatic heterocycles. The maximum atomic E-state index is 12.3. The summed E-state index contributed by atoms with van der Waals surface area (Å²) in [7, 11) is 0. The molecule has 2 aromatic rings. The maximum Gasteiger partial charge on any atom is 0.230 e. The molecule has 2 N–H and O–H groups in total. The molecule has 0 spiro atoms. The number of likely N-dealkylation sites (tertiary alicyclic amines) is 1. The lowest BCUT2D eigenvalue weighted by atomic mass is 9.96. The van der Waals surface area contributed by atoms with Crippen LogP contribution in [-0.4, -0.2) is 40.6 Å². The number of hydrogen-bond acceptors (Lipinski definition) is 5. The average molecular weight is 356 g/mol. The topological polar surface area (TPSA) is 85.2 Å². The van der Waals surface area contributed by atoms with Crippen LogP contribution in [0.2, 0.25) is 0 Å². The highest BCUT2D eigenvalue weighted by molar-refractivity contribution is 5.76. The first kappa shape index (κ1) is 18.6. The monoisotopic (exact) mass is 356 g/mol. The molecule has 3 rings (SSSR count). The molecule has 0 saturated carbocycles. The zero-order chi connectivity index (χ0) is 18.4. The number of rotatable bonds is 7. The predicted molar refractivity (Wildman–Crippen MR) is 101 cm³/mol. The summed E-state index contributed by atoms with van der Waals surface area (Å²) in [5.41, 5.74) is 7.66. The molecule has 1 fully saturated rings. The van der Waals surface area contributed by atoms with Gasteiger partial charge in [0.1, 0.15) is 0 Å². The van der Waals surface area contributed by atoms with Gasteiger partial charge in [-0.15, -0.1) is 0 Å². The number of nitrogens with zero attached hydrogens (tertiary/aromatic N) is 3. The second-order valence-electron chi connectivity index (χ2n) is 7.08. The smallest absolute Gasteiger partial charge is 0.230 e. The van der Waals surface area contributed by atoms with Crippen molar-refractivity contribution in [2.24, 2.45) is 5.73 Å². The summed E-state index contributed by atoms with van der Waals surface area (Å²) in [6.07, 6.45) is 5.34. The van der Waals surface area contributed by atoms with Crippen LogP contribution in [-0.2, 0) is 4.79 Å². The largest absolute Gasteiger partial charge is 0.343 e. The number of nitrogens with two attached hydrogens (primary N) is 1. The number of benzene rings is 1. The minimum atomic E-state index is 0.239. The first-order chi connectivity index (χ1) is 12.7. The number of piperidine rings is 1. The number of unbranched alkanes of at least 4 members (excludes halogenated alkanes) is 2. The molecule has 0 bridgehead atoms. The van der Waals surface area contributed by atoms with Crippen LogP contribution in [0, 0.1) is 6.92 Å². The standard InChI is InChI=1S/C20H28N4O2/c1-15-6-8-16(9-7-15)19-22-20(26-23-19)17-10-13-24(14-11-17)18(25)5-3-2-4-12-21/h6-9,17H,2-5,10-14,21H2,1H3. The Kier molecular flexibility index (Phi) is 6.39.